The van der Waals surface area contributed by atoms with E-state index in [1.165, 1.54) is 10.8 Å². The molecule has 2 N–H and O–H groups in total. The van der Waals surface area contributed by atoms with Crippen LogP contribution in [0.5, 0.6) is 11.5 Å². The van der Waals surface area contributed by atoms with Crippen molar-refractivity contribution in [3.8, 4) is 11.5 Å². The van der Waals surface area contributed by atoms with Gasteiger partial charge in [0, 0.05) is 23.2 Å². The van der Waals surface area contributed by atoms with Crippen molar-refractivity contribution < 1.29 is 14.6 Å². The first kappa shape index (κ1) is 20.6. The van der Waals surface area contributed by atoms with Gasteiger partial charge in [-0.25, -0.2) is 0 Å². The molecule has 32 heavy (non-hydrogen) atoms. The molecule has 0 bridgehead atoms. The van der Waals surface area contributed by atoms with Crippen molar-refractivity contribution in [2.75, 3.05) is 11.9 Å². The zero-order valence-electron chi connectivity index (χ0n) is 19.1. The van der Waals surface area contributed by atoms with Crippen LogP contribution >= 0.6 is 0 Å². The van der Waals surface area contributed by atoms with Crippen LogP contribution in [0.2, 0.25) is 0 Å². The Kier molecular flexibility index (Phi) is 4.77. The molecule has 0 amide bonds. The number of ketones is 1. The Hall–Kier alpha value is -3.27. The van der Waals surface area contributed by atoms with Gasteiger partial charge in [0.25, 0.3) is 0 Å². The zero-order chi connectivity index (χ0) is 22.6. The normalized spacial score (nSPS) is 19.4. The van der Waals surface area contributed by atoms with Crippen LogP contribution in [-0.4, -0.2) is 17.5 Å². The highest BCUT2D eigenvalue weighted by Crippen LogP contribution is 2.52. The highest BCUT2D eigenvalue weighted by atomic mass is 16.5. The summed E-state index contributed by atoms with van der Waals surface area (Å²) < 4.78 is 5.69. The lowest BCUT2D eigenvalue weighted by molar-refractivity contribution is -0.118. The highest BCUT2D eigenvalue weighted by Gasteiger charge is 2.41. The van der Waals surface area contributed by atoms with Gasteiger partial charge in [0.2, 0.25) is 0 Å². The quantitative estimate of drug-likeness (QED) is 0.497. The molecule has 2 aliphatic rings. The summed E-state index contributed by atoms with van der Waals surface area (Å²) in [5, 5.41) is 16.5. The summed E-state index contributed by atoms with van der Waals surface area (Å²) >= 11 is 0. The molecule has 4 nitrogen and oxygen atoms in total. The third-order valence-corrected chi connectivity index (χ3v) is 6.66. The van der Waals surface area contributed by atoms with Crippen molar-refractivity contribution in [1.82, 2.24) is 0 Å². The van der Waals surface area contributed by atoms with Crippen LogP contribution in [0, 0.1) is 12.3 Å². The highest BCUT2D eigenvalue weighted by molar-refractivity contribution is 6.12. The number of aromatic hydroxyl groups is 1. The van der Waals surface area contributed by atoms with E-state index in [4.69, 9.17) is 4.74 Å². The maximum Gasteiger partial charge on any atom is 0.162 e. The number of carbonyl (C=O) groups excluding carboxylic acids is 1. The number of Topliss-reactive ketones (excluding diaryl/α,β-unsaturated/α-hetero) is 1. The molecule has 4 heteroatoms. The minimum absolute atomic E-state index is 0.0899. The number of aryl methyl sites for hydroxylation is 1. The molecule has 1 unspecified atom stereocenters. The Bertz CT molecular complexity index is 1290. The fraction of sp³-hybridized carbons (Fsp3) is 0.321. The van der Waals surface area contributed by atoms with Crippen molar-refractivity contribution in [1.29, 1.82) is 0 Å². The molecule has 1 aliphatic heterocycles. The number of fused-ring (bicyclic) bond motifs is 4. The first-order valence-electron chi connectivity index (χ1n) is 11.3. The number of phenolic OH excluding ortho intramolecular Hbond substituents is 1. The number of hydrogen-bond donors (Lipinski definition) is 2. The van der Waals surface area contributed by atoms with Crippen molar-refractivity contribution >= 4 is 27.8 Å². The summed E-state index contributed by atoms with van der Waals surface area (Å²) in [4.78, 5) is 13.6. The van der Waals surface area contributed by atoms with Crippen molar-refractivity contribution in [3.05, 3.63) is 70.8 Å². The minimum Gasteiger partial charge on any atom is -0.504 e. The molecule has 1 atom stereocenters. The van der Waals surface area contributed by atoms with Crippen LogP contribution in [0.3, 0.4) is 0 Å². The molecule has 0 saturated carbocycles. The maximum atomic E-state index is 13.6. The van der Waals surface area contributed by atoms with Crippen LogP contribution < -0.4 is 10.1 Å². The minimum atomic E-state index is -0.277. The van der Waals surface area contributed by atoms with E-state index in [0.717, 1.165) is 39.9 Å². The van der Waals surface area contributed by atoms with Gasteiger partial charge in [0.15, 0.2) is 17.3 Å². The van der Waals surface area contributed by atoms with Gasteiger partial charge in [0.05, 0.1) is 12.6 Å². The molecule has 164 valence electrons. The van der Waals surface area contributed by atoms with Crippen LogP contribution in [0.25, 0.3) is 16.3 Å². The van der Waals surface area contributed by atoms with Crippen LogP contribution in [0.15, 0.2) is 54.1 Å². The zero-order valence-corrected chi connectivity index (χ0v) is 19.1. The number of phenols is 1. The van der Waals surface area contributed by atoms with E-state index in [1.807, 2.05) is 32.0 Å². The van der Waals surface area contributed by atoms with E-state index in [2.05, 4.69) is 49.5 Å². The molecule has 0 spiro atoms. The fourth-order valence-corrected chi connectivity index (χ4v) is 5.29. The van der Waals surface area contributed by atoms with Gasteiger partial charge in [-0.15, -0.1) is 0 Å². The number of nitrogens with one attached hydrogen (secondary N) is 1. The van der Waals surface area contributed by atoms with E-state index in [1.54, 1.807) is 0 Å². The van der Waals surface area contributed by atoms with Gasteiger partial charge < -0.3 is 15.2 Å². The SMILES string of the molecule is CCOc1cc(C2Nc3ccc4ccccc4c3C3=C2C(=O)CC(C)(C)C3)cc(C)c1O. The summed E-state index contributed by atoms with van der Waals surface area (Å²) in [7, 11) is 0. The third-order valence-electron chi connectivity index (χ3n) is 6.66. The van der Waals surface area contributed by atoms with Crippen LogP contribution in [-0.2, 0) is 4.79 Å². The van der Waals surface area contributed by atoms with E-state index in [-0.39, 0.29) is 23.0 Å². The average Bonchev–Trinajstić information content (AvgIpc) is 2.75. The molecular formula is C28H29NO3. The summed E-state index contributed by atoms with van der Waals surface area (Å²) in [5.41, 5.74) is 5.77. The second-order valence-corrected chi connectivity index (χ2v) is 9.74. The largest absolute Gasteiger partial charge is 0.504 e. The molecular weight excluding hydrogens is 398 g/mol. The molecule has 1 aliphatic carbocycles. The topological polar surface area (TPSA) is 58.6 Å². The summed E-state index contributed by atoms with van der Waals surface area (Å²) in [5.74, 6) is 0.804. The number of hydrogen-bond acceptors (Lipinski definition) is 4. The van der Waals surface area contributed by atoms with E-state index in [0.29, 0.717) is 18.8 Å². The number of allylic oxidation sites excluding steroid dienone is 1. The average molecular weight is 428 g/mol. The first-order chi connectivity index (χ1) is 15.3. The predicted molar refractivity (Wildman–Crippen MR) is 129 cm³/mol. The summed E-state index contributed by atoms with van der Waals surface area (Å²) in [6, 6.07) is 16.2. The molecule has 0 fully saturated rings. The number of benzene rings is 3. The van der Waals surface area contributed by atoms with Gasteiger partial charge in [-0.1, -0.05) is 44.2 Å². The maximum absolute atomic E-state index is 13.6. The second-order valence-electron chi connectivity index (χ2n) is 9.74. The lowest BCUT2D eigenvalue weighted by Gasteiger charge is -2.40. The molecule has 1 heterocycles. The number of ether oxygens (including phenoxy) is 1. The Balaban J connectivity index is 1.77. The van der Waals surface area contributed by atoms with Crippen molar-refractivity contribution in [2.24, 2.45) is 5.41 Å². The molecule has 5 rings (SSSR count). The summed E-state index contributed by atoms with van der Waals surface area (Å²) in [6.07, 6.45) is 1.38. The second kappa shape index (κ2) is 7.40. The Morgan fingerprint density at radius 2 is 1.91 bits per heavy atom. The van der Waals surface area contributed by atoms with Gasteiger partial charge in [-0.05, 0) is 71.4 Å². The number of rotatable bonds is 3. The first-order valence-corrected chi connectivity index (χ1v) is 11.3. The monoisotopic (exact) mass is 427 g/mol. The van der Waals surface area contributed by atoms with E-state index in [9.17, 15) is 9.90 Å². The third kappa shape index (κ3) is 3.26. The van der Waals surface area contributed by atoms with Gasteiger partial charge in [-0.2, -0.15) is 0 Å². The molecule has 0 radical (unpaired) electrons. The number of carbonyl (C=O) groups is 1. The standard InChI is InChI=1S/C28H29NO3/c1-5-32-23-13-18(12-16(2)27(23)31)26-25-20(14-28(3,4)15-22(25)30)24-19-9-7-6-8-17(19)10-11-21(24)29-26/h6-13,26,29,31H,5,14-15H2,1-4H3. The smallest absolute Gasteiger partial charge is 0.162 e. The van der Waals surface area contributed by atoms with Crippen molar-refractivity contribution in [2.45, 2.75) is 46.6 Å². The van der Waals surface area contributed by atoms with Crippen LogP contribution in [0.1, 0.15) is 56.3 Å². The Morgan fingerprint density at radius 3 is 2.69 bits per heavy atom. The van der Waals surface area contributed by atoms with Gasteiger partial charge >= 0.3 is 0 Å². The number of anilines is 1. The fourth-order valence-electron chi connectivity index (χ4n) is 5.29. The van der Waals surface area contributed by atoms with Gasteiger partial charge in [0.1, 0.15) is 0 Å². The molecule has 3 aromatic carbocycles. The Labute approximate surface area is 188 Å². The lowest BCUT2D eigenvalue weighted by Crippen LogP contribution is -2.33. The van der Waals surface area contributed by atoms with Crippen molar-refractivity contribution in [3.63, 3.8) is 0 Å². The van der Waals surface area contributed by atoms with E-state index >= 15 is 0 Å². The predicted octanol–water partition coefficient (Wildman–Crippen LogP) is 6.56. The lowest BCUT2D eigenvalue weighted by atomic mass is 9.68. The van der Waals surface area contributed by atoms with Gasteiger partial charge in [-0.3, -0.25) is 4.79 Å². The molecule has 0 aromatic heterocycles. The molecule has 0 saturated heterocycles. The van der Waals surface area contributed by atoms with Crippen LogP contribution in [0.4, 0.5) is 5.69 Å². The Morgan fingerprint density at radius 1 is 1.12 bits per heavy atom. The van der Waals surface area contributed by atoms with E-state index < -0.39 is 0 Å². The summed E-state index contributed by atoms with van der Waals surface area (Å²) in [6.45, 7) is 8.58. The molecule has 3 aromatic rings.